The van der Waals surface area contributed by atoms with Gasteiger partial charge in [-0.3, -0.25) is 0 Å². The van der Waals surface area contributed by atoms with Crippen LogP contribution in [0.4, 0.5) is 0 Å². The highest BCUT2D eigenvalue weighted by molar-refractivity contribution is 5.72. The van der Waals surface area contributed by atoms with E-state index < -0.39 is 0 Å². The van der Waals surface area contributed by atoms with Crippen molar-refractivity contribution in [2.24, 2.45) is 0 Å². The van der Waals surface area contributed by atoms with Gasteiger partial charge >= 0.3 is 0 Å². The lowest BCUT2D eigenvalue weighted by Crippen LogP contribution is -1.91. The molecule has 0 heterocycles. The van der Waals surface area contributed by atoms with Crippen LogP contribution in [0.25, 0.3) is 11.1 Å². The normalized spacial score (nSPS) is 10.5. The minimum atomic E-state index is 0.373. The summed E-state index contributed by atoms with van der Waals surface area (Å²) >= 11 is 0. The van der Waals surface area contributed by atoms with Gasteiger partial charge in [0.15, 0.2) is 0 Å². The molecule has 0 aromatic heterocycles. The van der Waals surface area contributed by atoms with Crippen molar-refractivity contribution in [3.8, 4) is 16.9 Å². The standard InChI is InChI=1S/C20H18O/c1-15-12-17(13-16-8-4-2-5-9-16)14-19(20(15)21)18-10-6-3-7-11-18/h2-12,14,21H,13H2,1H3. The topological polar surface area (TPSA) is 20.2 Å². The summed E-state index contributed by atoms with van der Waals surface area (Å²) < 4.78 is 0. The van der Waals surface area contributed by atoms with Gasteiger partial charge in [0, 0.05) is 5.56 Å². The largest absolute Gasteiger partial charge is 0.507 e. The molecule has 1 nitrogen and oxygen atoms in total. The molecule has 3 aromatic rings. The highest BCUT2D eigenvalue weighted by atomic mass is 16.3. The van der Waals surface area contributed by atoms with Crippen molar-refractivity contribution in [2.75, 3.05) is 0 Å². The van der Waals surface area contributed by atoms with E-state index >= 15 is 0 Å². The van der Waals surface area contributed by atoms with E-state index in [4.69, 9.17) is 0 Å². The van der Waals surface area contributed by atoms with Crippen LogP contribution in [-0.4, -0.2) is 5.11 Å². The van der Waals surface area contributed by atoms with Crippen LogP contribution >= 0.6 is 0 Å². The van der Waals surface area contributed by atoms with Gasteiger partial charge in [-0.15, -0.1) is 0 Å². The van der Waals surface area contributed by atoms with E-state index in [1.165, 1.54) is 11.1 Å². The first kappa shape index (κ1) is 13.4. The molecule has 0 atom stereocenters. The van der Waals surface area contributed by atoms with Crippen molar-refractivity contribution < 1.29 is 5.11 Å². The van der Waals surface area contributed by atoms with Gasteiger partial charge < -0.3 is 5.11 Å². The Morgan fingerprint density at radius 2 is 1.38 bits per heavy atom. The summed E-state index contributed by atoms with van der Waals surface area (Å²) in [5.74, 6) is 0.373. The maximum absolute atomic E-state index is 10.3. The molecule has 0 unspecified atom stereocenters. The molecule has 0 aliphatic rings. The second-order valence-electron chi connectivity index (χ2n) is 5.34. The molecule has 0 amide bonds. The number of benzene rings is 3. The quantitative estimate of drug-likeness (QED) is 0.715. The maximum atomic E-state index is 10.3. The van der Waals surface area contributed by atoms with Gasteiger partial charge in [-0.2, -0.15) is 0 Å². The summed E-state index contributed by atoms with van der Waals surface area (Å²) in [5.41, 5.74) is 5.37. The first-order chi connectivity index (χ1) is 10.2. The van der Waals surface area contributed by atoms with Gasteiger partial charge in [0.1, 0.15) is 5.75 Å². The number of hydrogen-bond donors (Lipinski definition) is 1. The summed E-state index contributed by atoms with van der Waals surface area (Å²) in [6.07, 6.45) is 0.877. The predicted octanol–water partition coefficient (Wildman–Crippen LogP) is 4.96. The Balaban J connectivity index is 2.02. The molecule has 1 heteroatoms. The van der Waals surface area contributed by atoms with Crippen LogP contribution in [0.2, 0.25) is 0 Å². The second-order valence-corrected chi connectivity index (χ2v) is 5.34. The van der Waals surface area contributed by atoms with E-state index in [1.54, 1.807) is 0 Å². The lowest BCUT2D eigenvalue weighted by molar-refractivity contribution is 0.473. The van der Waals surface area contributed by atoms with Crippen molar-refractivity contribution in [3.63, 3.8) is 0 Å². The number of rotatable bonds is 3. The third-order valence-electron chi connectivity index (χ3n) is 3.70. The fraction of sp³-hybridized carbons (Fsp3) is 0.100. The molecule has 0 saturated carbocycles. The van der Waals surface area contributed by atoms with Crippen LogP contribution in [0.1, 0.15) is 16.7 Å². The van der Waals surface area contributed by atoms with Crippen LogP contribution in [-0.2, 0) is 6.42 Å². The Bertz CT molecular complexity index is 731. The van der Waals surface area contributed by atoms with Gasteiger partial charge in [-0.25, -0.2) is 0 Å². The molecule has 0 bridgehead atoms. The minimum absolute atomic E-state index is 0.373. The zero-order chi connectivity index (χ0) is 14.7. The Morgan fingerprint density at radius 3 is 2.05 bits per heavy atom. The summed E-state index contributed by atoms with van der Waals surface area (Å²) in [6.45, 7) is 1.95. The van der Waals surface area contributed by atoms with E-state index in [1.807, 2.05) is 43.3 Å². The second kappa shape index (κ2) is 5.84. The van der Waals surface area contributed by atoms with Gasteiger partial charge in [-0.1, -0.05) is 66.7 Å². The molecule has 1 N–H and O–H groups in total. The summed E-state index contributed by atoms with van der Waals surface area (Å²) in [7, 11) is 0. The monoisotopic (exact) mass is 274 g/mol. The Kier molecular flexibility index (Phi) is 3.74. The Hall–Kier alpha value is -2.54. The SMILES string of the molecule is Cc1cc(Cc2ccccc2)cc(-c2ccccc2)c1O. The summed E-state index contributed by atoms with van der Waals surface area (Å²) in [5, 5.41) is 10.3. The number of aromatic hydroxyl groups is 1. The lowest BCUT2D eigenvalue weighted by Gasteiger charge is -2.11. The van der Waals surface area contributed by atoms with Crippen molar-refractivity contribution in [1.82, 2.24) is 0 Å². The molecule has 3 rings (SSSR count). The third kappa shape index (κ3) is 2.97. The van der Waals surface area contributed by atoms with E-state index in [-0.39, 0.29) is 0 Å². The van der Waals surface area contributed by atoms with Crippen LogP contribution in [0.3, 0.4) is 0 Å². The molecule has 0 spiro atoms. The Labute approximate surface area is 125 Å². The minimum Gasteiger partial charge on any atom is -0.507 e. The lowest BCUT2D eigenvalue weighted by atomic mass is 9.95. The predicted molar refractivity (Wildman–Crippen MR) is 87.5 cm³/mol. The van der Waals surface area contributed by atoms with E-state index in [2.05, 4.69) is 36.4 Å². The number of phenolic OH excluding ortho intramolecular Hbond substituents is 1. The maximum Gasteiger partial charge on any atom is 0.126 e. The zero-order valence-corrected chi connectivity index (χ0v) is 12.1. The van der Waals surface area contributed by atoms with Crippen LogP contribution in [0.15, 0.2) is 72.8 Å². The van der Waals surface area contributed by atoms with E-state index in [9.17, 15) is 5.11 Å². The average Bonchev–Trinajstić information content (AvgIpc) is 2.52. The van der Waals surface area contributed by atoms with Crippen LogP contribution in [0, 0.1) is 6.92 Å². The molecule has 0 fully saturated rings. The summed E-state index contributed by atoms with van der Waals surface area (Å²) in [4.78, 5) is 0. The molecule has 0 aliphatic carbocycles. The molecule has 21 heavy (non-hydrogen) atoms. The smallest absolute Gasteiger partial charge is 0.126 e. The van der Waals surface area contributed by atoms with Gasteiger partial charge in [-0.05, 0) is 41.7 Å². The number of hydrogen-bond acceptors (Lipinski definition) is 1. The molecule has 104 valence electrons. The van der Waals surface area contributed by atoms with Crippen LogP contribution in [0.5, 0.6) is 5.75 Å². The number of aryl methyl sites for hydroxylation is 1. The van der Waals surface area contributed by atoms with E-state index in [0.717, 1.165) is 23.1 Å². The van der Waals surface area contributed by atoms with Crippen molar-refractivity contribution in [2.45, 2.75) is 13.3 Å². The highest BCUT2D eigenvalue weighted by Gasteiger charge is 2.09. The van der Waals surface area contributed by atoms with E-state index in [0.29, 0.717) is 5.75 Å². The highest BCUT2D eigenvalue weighted by Crippen LogP contribution is 2.33. The number of phenols is 1. The van der Waals surface area contributed by atoms with Crippen LogP contribution < -0.4 is 0 Å². The van der Waals surface area contributed by atoms with Crippen molar-refractivity contribution in [1.29, 1.82) is 0 Å². The summed E-state index contributed by atoms with van der Waals surface area (Å²) in [6, 6.07) is 24.6. The van der Waals surface area contributed by atoms with Gasteiger partial charge in [0.05, 0.1) is 0 Å². The van der Waals surface area contributed by atoms with Crippen molar-refractivity contribution >= 4 is 0 Å². The fourth-order valence-electron chi connectivity index (χ4n) is 2.63. The molecule has 0 radical (unpaired) electrons. The molecule has 0 aliphatic heterocycles. The van der Waals surface area contributed by atoms with Crippen molar-refractivity contribution in [3.05, 3.63) is 89.5 Å². The fourth-order valence-corrected chi connectivity index (χ4v) is 2.63. The molecule has 3 aromatic carbocycles. The first-order valence-electron chi connectivity index (χ1n) is 7.16. The van der Waals surface area contributed by atoms with Gasteiger partial charge in [0.2, 0.25) is 0 Å². The Morgan fingerprint density at radius 1 is 0.762 bits per heavy atom. The molecular formula is C20H18O. The third-order valence-corrected chi connectivity index (χ3v) is 3.70. The zero-order valence-electron chi connectivity index (χ0n) is 12.1. The average molecular weight is 274 g/mol. The van der Waals surface area contributed by atoms with Gasteiger partial charge in [0.25, 0.3) is 0 Å². The first-order valence-corrected chi connectivity index (χ1v) is 7.16. The molecular weight excluding hydrogens is 256 g/mol. The molecule has 0 saturated heterocycles.